The van der Waals surface area contributed by atoms with E-state index in [-0.39, 0.29) is 44.7 Å². The first kappa shape index (κ1) is 24.1. The zero-order valence-corrected chi connectivity index (χ0v) is 17.4. The Morgan fingerprint density at radius 3 is 2.43 bits per heavy atom. The van der Waals surface area contributed by atoms with Crippen LogP contribution < -0.4 is 11.5 Å². The van der Waals surface area contributed by atoms with Gasteiger partial charge in [-0.25, -0.2) is 14.7 Å². The average Bonchev–Trinajstić information content (AvgIpc) is 3.20. The van der Waals surface area contributed by atoms with E-state index in [9.17, 15) is 36.4 Å². The number of nitrogens with two attached hydrogens (primary N) is 2. The maximum absolute atomic E-state index is 14.0. The molecule has 14 heteroatoms. The summed E-state index contributed by atoms with van der Waals surface area (Å²) < 4.78 is 82.5. The van der Waals surface area contributed by atoms with Crippen LogP contribution in [-0.4, -0.2) is 37.6 Å². The summed E-state index contributed by atoms with van der Waals surface area (Å²) in [6, 6.07) is 7.09. The van der Waals surface area contributed by atoms with Crippen molar-refractivity contribution in [2.45, 2.75) is 24.7 Å². The number of hydrogen-bond donors (Lipinski definition) is 3. The van der Waals surface area contributed by atoms with Gasteiger partial charge in [0, 0.05) is 21.7 Å². The summed E-state index contributed by atoms with van der Waals surface area (Å²) in [5, 5.41) is 10.3. The number of hydrogen-bond acceptors (Lipinski definition) is 7. The molecule has 0 amide bonds. The number of carbonyl (C=O) groups excluding carboxylic acids is 1. The number of halogens is 6. The molecule has 0 spiro atoms. The number of benzene rings is 2. The third-order valence-electron chi connectivity index (χ3n) is 5.40. The minimum Gasteiger partial charge on any atom is -0.384 e. The number of nitrogens with zero attached hydrogens (tertiary/aromatic N) is 3. The minimum absolute atomic E-state index is 0.0577. The van der Waals surface area contributed by atoms with E-state index in [0.29, 0.717) is 0 Å². The van der Waals surface area contributed by atoms with Crippen molar-refractivity contribution < 1.29 is 41.3 Å². The summed E-state index contributed by atoms with van der Waals surface area (Å²) in [6.07, 6.45) is -6.39. The highest BCUT2D eigenvalue weighted by atomic mass is 19.4. The van der Waals surface area contributed by atoms with Gasteiger partial charge in [0.1, 0.15) is 11.9 Å². The molecule has 4 rings (SSSR count). The fraction of sp³-hybridized carbons (Fsp3) is 0.190. The summed E-state index contributed by atoms with van der Waals surface area (Å²) in [5.41, 5.74) is 10.2. The lowest BCUT2D eigenvalue weighted by atomic mass is 9.95. The molecule has 5 N–H and O–H groups in total. The molecule has 0 aliphatic carbocycles. The number of aliphatic hydroxyl groups is 1. The van der Waals surface area contributed by atoms with Crippen molar-refractivity contribution in [2.75, 3.05) is 11.5 Å². The molecule has 0 fully saturated rings. The van der Waals surface area contributed by atoms with Crippen LogP contribution in [0.2, 0.25) is 0 Å². The van der Waals surface area contributed by atoms with E-state index in [1.807, 2.05) is 0 Å². The summed E-state index contributed by atoms with van der Waals surface area (Å²) >= 11 is 0. The van der Waals surface area contributed by atoms with E-state index in [1.165, 1.54) is 36.5 Å². The normalized spacial score (nSPS) is 13.3. The number of aliphatic hydroxyl groups excluding tert-OH is 1. The fourth-order valence-electron chi connectivity index (χ4n) is 3.89. The van der Waals surface area contributed by atoms with Crippen molar-refractivity contribution in [3.63, 3.8) is 0 Å². The average molecular weight is 499 g/mol. The zero-order valence-electron chi connectivity index (χ0n) is 17.4. The van der Waals surface area contributed by atoms with Crippen LogP contribution in [0.5, 0.6) is 0 Å². The molecule has 2 aromatic heterocycles. The van der Waals surface area contributed by atoms with Gasteiger partial charge in [-0.3, -0.25) is 0 Å². The number of anilines is 2. The minimum atomic E-state index is -4.78. The SMILES string of the molecule is Nc1nc(N)c2c(cc(-c3ccccc3C(F)(F)F)c3c2ccn3CC(O)C(F)(F)C(=O)OF)n1. The number of rotatable bonds is 5. The second-order valence-corrected chi connectivity index (χ2v) is 7.56. The number of fused-ring (bicyclic) bond motifs is 3. The van der Waals surface area contributed by atoms with Gasteiger partial charge in [0.2, 0.25) is 5.95 Å². The largest absolute Gasteiger partial charge is 0.420 e. The lowest BCUT2D eigenvalue weighted by molar-refractivity contribution is -0.225. The molecule has 35 heavy (non-hydrogen) atoms. The molecule has 0 aliphatic heterocycles. The van der Waals surface area contributed by atoms with E-state index in [2.05, 4.69) is 14.9 Å². The van der Waals surface area contributed by atoms with Crippen LogP contribution in [0, 0.1) is 0 Å². The first-order chi connectivity index (χ1) is 16.4. The monoisotopic (exact) mass is 499 g/mol. The summed E-state index contributed by atoms with van der Waals surface area (Å²) in [6.45, 7) is -1.02. The maximum atomic E-state index is 14.0. The van der Waals surface area contributed by atoms with Crippen LogP contribution in [0.15, 0.2) is 42.6 Å². The molecule has 8 nitrogen and oxygen atoms in total. The van der Waals surface area contributed by atoms with Gasteiger partial charge >= 0.3 is 18.1 Å². The first-order valence-electron chi connectivity index (χ1n) is 9.76. The Hall–Kier alpha value is -4.07. The van der Waals surface area contributed by atoms with Crippen molar-refractivity contribution in [3.8, 4) is 11.1 Å². The van der Waals surface area contributed by atoms with Crippen LogP contribution in [0.3, 0.4) is 0 Å². The molecule has 4 aromatic rings. The van der Waals surface area contributed by atoms with Crippen molar-refractivity contribution in [1.29, 1.82) is 0 Å². The molecule has 0 bridgehead atoms. The zero-order chi connectivity index (χ0) is 25.7. The van der Waals surface area contributed by atoms with Crippen molar-refractivity contribution in [1.82, 2.24) is 14.5 Å². The summed E-state index contributed by atoms with van der Waals surface area (Å²) in [4.78, 5) is 21.5. The van der Waals surface area contributed by atoms with Crippen molar-refractivity contribution >= 4 is 39.5 Å². The summed E-state index contributed by atoms with van der Waals surface area (Å²) in [5.74, 6) is -7.65. The van der Waals surface area contributed by atoms with E-state index >= 15 is 0 Å². The van der Waals surface area contributed by atoms with E-state index in [0.717, 1.165) is 10.6 Å². The molecule has 0 aliphatic rings. The Morgan fingerprint density at radius 1 is 1.09 bits per heavy atom. The van der Waals surface area contributed by atoms with Gasteiger partial charge in [-0.2, -0.15) is 26.9 Å². The second-order valence-electron chi connectivity index (χ2n) is 7.56. The summed E-state index contributed by atoms with van der Waals surface area (Å²) in [7, 11) is 0. The highest BCUT2D eigenvalue weighted by Crippen LogP contribution is 2.42. The molecule has 2 heterocycles. The number of carbonyl (C=O) groups is 1. The lowest BCUT2D eigenvalue weighted by Gasteiger charge is -2.21. The van der Waals surface area contributed by atoms with E-state index in [1.54, 1.807) is 0 Å². The van der Waals surface area contributed by atoms with Crippen LogP contribution in [0.25, 0.3) is 32.9 Å². The van der Waals surface area contributed by atoms with Crippen LogP contribution in [-0.2, 0) is 22.5 Å². The van der Waals surface area contributed by atoms with Gasteiger partial charge in [0.05, 0.1) is 28.5 Å². The molecule has 2 aromatic carbocycles. The van der Waals surface area contributed by atoms with Gasteiger partial charge < -0.3 is 21.1 Å². The molecule has 1 atom stereocenters. The number of alkyl halides is 5. The molecule has 0 saturated heterocycles. The van der Waals surface area contributed by atoms with Crippen LogP contribution >= 0.6 is 0 Å². The maximum Gasteiger partial charge on any atom is 0.420 e. The van der Waals surface area contributed by atoms with Gasteiger partial charge in [-0.15, -0.1) is 0 Å². The van der Waals surface area contributed by atoms with Gasteiger partial charge in [0.15, 0.2) is 0 Å². The Morgan fingerprint density at radius 2 is 1.77 bits per heavy atom. The molecule has 1 unspecified atom stereocenters. The number of nitrogen functional groups attached to an aromatic ring is 2. The van der Waals surface area contributed by atoms with Crippen LogP contribution in [0.1, 0.15) is 5.56 Å². The molecule has 184 valence electrons. The Balaban J connectivity index is 2.04. The quantitative estimate of drug-likeness (QED) is 0.356. The molecular weight excluding hydrogens is 484 g/mol. The van der Waals surface area contributed by atoms with Gasteiger partial charge in [-0.1, -0.05) is 18.2 Å². The van der Waals surface area contributed by atoms with Gasteiger partial charge in [0.25, 0.3) is 0 Å². The standard InChI is InChI=1S/C21H15F6N5O3/c22-20(23,18(34)35-27)14(33)8-32-6-5-10-15-13(30-19(29)31-17(15)28)7-11(16(10)32)9-3-1-2-4-12(9)21(24,25)26/h1-7,14,33H,8H2,(H4,28,29,30,31). The molecule has 0 radical (unpaired) electrons. The predicted octanol–water partition coefficient (Wildman–Crippen LogP) is 3.86. The van der Waals surface area contributed by atoms with Crippen LogP contribution in [0.4, 0.5) is 38.2 Å². The topological polar surface area (TPSA) is 129 Å². The highest BCUT2D eigenvalue weighted by Gasteiger charge is 2.49. The van der Waals surface area contributed by atoms with E-state index < -0.39 is 36.3 Å². The Bertz CT molecular complexity index is 1450. The molecular formula is C21H15F6N5O3. The third kappa shape index (κ3) is 4.05. The predicted molar refractivity (Wildman–Crippen MR) is 112 cm³/mol. The van der Waals surface area contributed by atoms with E-state index in [4.69, 9.17) is 11.5 Å². The Labute approximate surface area is 191 Å². The smallest absolute Gasteiger partial charge is 0.384 e. The first-order valence-corrected chi connectivity index (χ1v) is 9.76. The van der Waals surface area contributed by atoms with Gasteiger partial charge in [-0.05, 0) is 23.8 Å². The number of aromatic nitrogens is 3. The van der Waals surface area contributed by atoms with Crippen molar-refractivity contribution in [2.24, 2.45) is 0 Å². The Kier molecular flexibility index (Phi) is 5.71. The second kappa shape index (κ2) is 8.30. The van der Waals surface area contributed by atoms with Crippen molar-refractivity contribution in [3.05, 3.63) is 48.2 Å². The third-order valence-corrected chi connectivity index (χ3v) is 5.40. The lowest BCUT2D eigenvalue weighted by Crippen LogP contribution is -2.44. The molecule has 0 saturated carbocycles. The highest BCUT2D eigenvalue weighted by molar-refractivity contribution is 6.15. The fourth-order valence-corrected chi connectivity index (χ4v) is 3.89.